The third-order valence-corrected chi connectivity index (χ3v) is 2.47. The molecule has 0 aliphatic carbocycles. The summed E-state index contributed by atoms with van der Waals surface area (Å²) >= 11 is 0. The first-order valence-corrected chi connectivity index (χ1v) is 5.78. The number of anilines is 2. The average Bonchev–Trinajstić information content (AvgIpc) is 2.43. The van der Waals surface area contributed by atoms with Crippen LogP contribution in [0.5, 0.6) is 0 Å². The van der Waals surface area contributed by atoms with Crippen LogP contribution in [-0.4, -0.2) is 11.8 Å². The number of halogens is 3. The molecule has 0 unspecified atom stereocenters. The Kier molecular flexibility index (Phi) is 4.22. The summed E-state index contributed by atoms with van der Waals surface area (Å²) in [7, 11) is 0. The molecule has 0 bridgehead atoms. The van der Waals surface area contributed by atoms with Crippen molar-refractivity contribution in [3.63, 3.8) is 0 Å². The van der Waals surface area contributed by atoms with Gasteiger partial charge in [-0.25, -0.2) is 13.2 Å². The van der Waals surface area contributed by atoms with Crippen LogP contribution in [0, 0.1) is 17.5 Å². The van der Waals surface area contributed by atoms with Crippen LogP contribution in [0.4, 0.5) is 24.5 Å². The summed E-state index contributed by atoms with van der Waals surface area (Å²) in [6.07, 6.45) is 0. The van der Waals surface area contributed by atoms with E-state index in [1.54, 1.807) is 0 Å². The fourth-order valence-corrected chi connectivity index (χ4v) is 1.52. The van der Waals surface area contributed by atoms with Crippen LogP contribution < -0.4 is 10.6 Å². The third kappa shape index (κ3) is 3.82. The third-order valence-electron chi connectivity index (χ3n) is 2.47. The minimum absolute atomic E-state index is 0.0757. The lowest BCUT2D eigenvalue weighted by Crippen LogP contribution is -2.29. The quantitative estimate of drug-likeness (QED) is 0.837. The number of nitrogens with one attached hydrogen (secondary N) is 2. The van der Waals surface area contributed by atoms with Gasteiger partial charge < -0.3 is 10.6 Å². The summed E-state index contributed by atoms with van der Waals surface area (Å²) in [4.78, 5) is 23.1. The molecule has 2 N–H and O–H groups in total. The lowest BCUT2D eigenvalue weighted by molar-refractivity contribution is -0.133. The Morgan fingerprint density at radius 2 is 1.38 bits per heavy atom. The van der Waals surface area contributed by atoms with Gasteiger partial charge >= 0.3 is 11.8 Å². The second-order valence-corrected chi connectivity index (χ2v) is 4.05. The van der Waals surface area contributed by atoms with Crippen molar-refractivity contribution in [2.45, 2.75) is 0 Å². The summed E-state index contributed by atoms with van der Waals surface area (Å²) in [5.41, 5.74) is 0.0220. The molecule has 0 aliphatic heterocycles. The highest BCUT2D eigenvalue weighted by Gasteiger charge is 2.15. The van der Waals surface area contributed by atoms with E-state index in [0.717, 1.165) is 24.3 Å². The molecule has 0 spiro atoms. The van der Waals surface area contributed by atoms with Gasteiger partial charge in [-0.05, 0) is 30.3 Å². The van der Waals surface area contributed by atoms with Gasteiger partial charge in [0.2, 0.25) is 0 Å². The van der Waals surface area contributed by atoms with E-state index < -0.39 is 29.3 Å². The zero-order valence-electron chi connectivity index (χ0n) is 10.5. The number of carbonyl (C=O) groups excluding carboxylic acids is 2. The Hall–Kier alpha value is -2.83. The van der Waals surface area contributed by atoms with Gasteiger partial charge in [-0.1, -0.05) is 6.07 Å². The van der Waals surface area contributed by atoms with Crippen LogP contribution in [0.2, 0.25) is 0 Å². The van der Waals surface area contributed by atoms with Crippen LogP contribution in [-0.2, 0) is 9.59 Å². The lowest BCUT2D eigenvalue weighted by atomic mass is 10.3. The maximum absolute atomic E-state index is 13.0. The molecule has 0 aliphatic rings. The lowest BCUT2D eigenvalue weighted by Gasteiger charge is -2.07. The van der Waals surface area contributed by atoms with Crippen molar-refractivity contribution in [2.24, 2.45) is 0 Å². The van der Waals surface area contributed by atoms with E-state index in [2.05, 4.69) is 10.6 Å². The van der Waals surface area contributed by atoms with E-state index in [9.17, 15) is 22.8 Å². The SMILES string of the molecule is O=C(Nc1cccc(F)c1)C(=O)Nc1ccc(F)c(F)c1. The molecular weight excluding hydrogens is 285 g/mol. The van der Waals surface area contributed by atoms with Crippen LogP contribution in [0.1, 0.15) is 0 Å². The molecule has 0 atom stereocenters. The van der Waals surface area contributed by atoms with E-state index in [1.807, 2.05) is 0 Å². The fourth-order valence-electron chi connectivity index (χ4n) is 1.52. The first kappa shape index (κ1) is 14.6. The molecular formula is C14H9F3N2O2. The molecule has 0 aromatic heterocycles. The molecule has 0 radical (unpaired) electrons. The smallest absolute Gasteiger partial charge is 0.314 e. The predicted molar refractivity (Wildman–Crippen MR) is 70.0 cm³/mol. The van der Waals surface area contributed by atoms with Crippen LogP contribution in [0.15, 0.2) is 42.5 Å². The van der Waals surface area contributed by atoms with Crippen LogP contribution >= 0.6 is 0 Å². The maximum Gasteiger partial charge on any atom is 0.314 e. The van der Waals surface area contributed by atoms with Gasteiger partial charge in [0.25, 0.3) is 0 Å². The van der Waals surface area contributed by atoms with Crippen molar-refractivity contribution >= 4 is 23.2 Å². The van der Waals surface area contributed by atoms with Crippen LogP contribution in [0.25, 0.3) is 0 Å². The summed E-state index contributed by atoms with van der Waals surface area (Å²) < 4.78 is 38.6. The maximum atomic E-state index is 13.0. The van der Waals surface area contributed by atoms with E-state index in [0.29, 0.717) is 0 Å². The number of benzene rings is 2. The summed E-state index contributed by atoms with van der Waals surface area (Å²) in [6.45, 7) is 0. The molecule has 0 heterocycles. The van der Waals surface area contributed by atoms with Crippen molar-refractivity contribution in [1.82, 2.24) is 0 Å². The first-order valence-electron chi connectivity index (χ1n) is 5.78. The number of amides is 2. The van der Waals surface area contributed by atoms with E-state index in [-0.39, 0.29) is 11.4 Å². The van der Waals surface area contributed by atoms with Crippen LogP contribution in [0.3, 0.4) is 0 Å². The minimum Gasteiger partial charge on any atom is -0.318 e. The van der Waals surface area contributed by atoms with Crippen molar-refractivity contribution in [2.75, 3.05) is 10.6 Å². The zero-order valence-corrected chi connectivity index (χ0v) is 10.5. The second kappa shape index (κ2) is 6.08. The summed E-state index contributed by atoms with van der Waals surface area (Å²) in [5, 5.41) is 4.26. The zero-order chi connectivity index (χ0) is 15.4. The van der Waals surface area contributed by atoms with E-state index >= 15 is 0 Å². The molecule has 2 amide bonds. The molecule has 108 valence electrons. The van der Waals surface area contributed by atoms with E-state index in [4.69, 9.17) is 0 Å². The standard InChI is InChI=1S/C14H9F3N2O2/c15-8-2-1-3-9(6-8)18-13(20)14(21)19-10-4-5-11(16)12(17)7-10/h1-7H,(H,18,20)(H,19,21). The van der Waals surface area contributed by atoms with Gasteiger partial charge in [0.15, 0.2) is 11.6 Å². The highest BCUT2D eigenvalue weighted by Crippen LogP contribution is 2.13. The van der Waals surface area contributed by atoms with Gasteiger partial charge in [0.1, 0.15) is 5.82 Å². The molecule has 0 saturated carbocycles. The highest BCUT2D eigenvalue weighted by molar-refractivity contribution is 6.43. The van der Waals surface area contributed by atoms with Crippen molar-refractivity contribution in [3.8, 4) is 0 Å². The Morgan fingerprint density at radius 3 is 1.95 bits per heavy atom. The predicted octanol–water partition coefficient (Wildman–Crippen LogP) is 2.68. The number of carbonyl (C=O) groups is 2. The molecule has 2 rings (SSSR count). The Labute approximate surface area is 117 Å². The number of hydrogen-bond donors (Lipinski definition) is 2. The molecule has 0 saturated heterocycles. The van der Waals surface area contributed by atoms with Crippen molar-refractivity contribution in [3.05, 3.63) is 59.9 Å². The minimum atomic E-state index is -1.15. The summed E-state index contributed by atoms with van der Waals surface area (Å²) in [5.74, 6) is -4.96. The normalized spacial score (nSPS) is 10.0. The topological polar surface area (TPSA) is 58.2 Å². The molecule has 0 fully saturated rings. The largest absolute Gasteiger partial charge is 0.318 e. The van der Waals surface area contributed by atoms with Gasteiger partial charge in [0, 0.05) is 17.4 Å². The Bertz CT molecular complexity index is 704. The first-order chi connectivity index (χ1) is 9.95. The molecule has 2 aromatic rings. The van der Waals surface area contributed by atoms with Crippen molar-refractivity contribution < 1.29 is 22.8 Å². The Balaban J connectivity index is 2.02. The average molecular weight is 294 g/mol. The van der Waals surface area contributed by atoms with Gasteiger partial charge in [-0.2, -0.15) is 0 Å². The Morgan fingerprint density at radius 1 is 0.762 bits per heavy atom. The molecule has 2 aromatic carbocycles. The molecule has 21 heavy (non-hydrogen) atoms. The van der Waals surface area contributed by atoms with Gasteiger partial charge in [-0.15, -0.1) is 0 Å². The van der Waals surface area contributed by atoms with E-state index in [1.165, 1.54) is 18.2 Å². The van der Waals surface area contributed by atoms with Gasteiger partial charge in [0.05, 0.1) is 0 Å². The number of rotatable bonds is 2. The fraction of sp³-hybridized carbons (Fsp3) is 0. The monoisotopic (exact) mass is 294 g/mol. The summed E-state index contributed by atoms with van der Waals surface area (Å²) in [6, 6.07) is 7.62. The number of hydrogen-bond acceptors (Lipinski definition) is 2. The molecule has 4 nitrogen and oxygen atoms in total. The van der Waals surface area contributed by atoms with Crippen molar-refractivity contribution in [1.29, 1.82) is 0 Å². The molecule has 7 heteroatoms. The highest BCUT2D eigenvalue weighted by atomic mass is 19.2. The second-order valence-electron chi connectivity index (χ2n) is 4.05. The van der Waals surface area contributed by atoms with Gasteiger partial charge in [-0.3, -0.25) is 9.59 Å².